The average Bonchev–Trinajstić information content (AvgIpc) is 3.18. The van der Waals surface area contributed by atoms with E-state index in [4.69, 9.17) is 4.42 Å². The molecule has 7 nitrogen and oxygen atoms in total. The summed E-state index contributed by atoms with van der Waals surface area (Å²) in [6.07, 6.45) is 5.54. The Morgan fingerprint density at radius 1 is 1.39 bits per heavy atom. The van der Waals surface area contributed by atoms with Crippen molar-refractivity contribution in [3.8, 4) is 0 Å². The SMILES string of the molecule is O=C(C=C(O)c1cc(F)oc1Cc1ccncc1)c1ncn[nH]1. The summed E-state index contributed by atoms with van der Waals surface area (Å²) >= 11 is 0. The number of aromatic nitrogens is 4. The fourth-order valence-electron chi connectivity index (χ4n) is 2.02. The number of carbonyl (C=O) groups excluding carboxylic acids is 1. The van der Waals surface area contributed by atoms with Gasteiger partial charge in [-0.05, 0) is 17.7 Å². The molecular weight excluding hydrogens is 303 g/mol. The standard InChI is InChI=1S/C15H11FN4O3/c16-14-6-10(11(21)7-12(22)15-18-8-19-20-15)13(23-14)5-9-1-3-17-4-2-9/h1-4,6-8,21H,5H2,(H,18,19,20). The number of nitrogens with one attached hydrogen (secondary N) is 1. The third-order valence-electron chi connectivity index (χ3n) is 3.09. The summed E-state index contributed by atoms with van der Waals surface area (Å²) in [4.78, 5) is 19.4. The molecule has 0 amide bonds. The predicted molar refractivity (Wildman–Crippen MR) is 77.0 cm³/mol. The van der Waals surface area contributed by atoms with Crippen molar-refractivity contribution in [2.45, 2.75) is 6.42 Å². The summed E-state index contributed by atoms with van der Waals surface area (Å²) in [6.45, 7) is 0. The maximum absolute atomic E-state index is 13.4. The van der Waals surface area contributed by atoms with Crippen LogP contribution >= 0.6 is 0 Å². The molecule has 0 bridgehead atoms. The van der Waals surface area contributed by atoms with Gasteiger partial charge in [-0.1, -0.05) is 0 Å². The molecule has 3 rings (SSSR count). The highest BCUT2D eigenvalue weighted by atomic mass is 19.1. The van der Waals surface area contributed by atoms with Gasteiger partial charge in [0.2, 0.25) is 5.78 Å². The van der Waals surface area contributed by atoms with Crippen LogP contribution in [0.3, 0.4) is 0 Å². The van der Waals surface area contributed by atoms with Crippen molar-refractivity contribution in [3.05, 3.63) is 71.7 Å². The van der Waals surface area contributed by atoms with E-state index in [1.807, 2.05) is 0 Å². The number of hydrogen-bond donors (Lipinski definition) is 2. The topological polar surface area (TPSA) is 105 Å². The third kappa shape index (κ3) is 3.31. The Morgan fingerprint density at radius 3 is 2.87 bits per heavy atom. The monoisotopic (exact) mass is 314 g/mol. The third-order valence-corrected chi connectivity index (χ3v) is 3.09. The largest absolute Gasteiger partial charge is 0.507 e. The van der Waals surface area contributed by atoms with E-state index in [1.165, 1.54) is 6.33 Å². The van der Waals surface area contributed by atoms with E-state index in [9.17, 15) is 14.3 Å². The number of hydrogen-bond acceptors (Lipinski definition) is 6. The summed E-state index contributed by atoms with van der Waals surface area (Å²) in [6, 6.07) is 3.65. The van der Waals surface area contributed by atoms with Gasteiger partial charge in [-0.15, -0.1) is 0 Å². The first-order valence-electron chi connectivity index (χ1n) is 6.61. The van der Waals surface area contributed by atoms with E-state index in [-0.39, 0.29) is 23.6 Å². The molecular formula is C15H11FN4O3. The molecule has 0 saturated carbocycles. The molecule has 0 aromatic carbocycles. The molecule has 3 heterocycles. The number of furan rings is 1. The van der Waals surface area contributed by atoms with Gasteiger partial charge in [-0.25, -0.2) is 4.98 Å². The highest BCUT2D eigenvalue weighted by Gasteiger charge is 2.17. The summed E-state index contributed by atoms with van der Waals surface area (Å²) in [5, 5.41) is 16.0. The second kappa shape index (κ2) is 6.22. The summed E-state index contributed by atoms with van der Waals surface area (Å²) in [7, 11) is 0. The first-order valence-corrected chi connectivity index (χ1v) is 6.61. The van der Waals surface area contributed by atoms with Gasteiger partial charge in [0.15, 0.2) is 5.82 Å². The number of nitrogens with zero attached hydrogens (tertiary/aromatic N) is 3. The molecule has 0 radical (unpaired) electrons. The summed E-state index contributed by atoms with van der Waals surface area (Å²) < 4.78 is 18.4. The Balaban J connectivity index is 1.89. The number of aliphatic hydroxyl groups is 1. The molecule has 0 atom stereocenters. The number of allylic oxidation sites excluding steroid dienone is 1. The molecule has 0 spiro atoms. The lowest BCUT2D eigenvalue weighted by molar-refractivity contribution is 0.103. The Bertz CT molecular complexity index is 841. The normalized spacial score (nSPS) is 11.6. The lowest BCUT2D eigenvalue weighted by Gasteiger charge is -2.02. The number of ketones is 1. The Morgan fingerprint density at radius 2 is 2.17 bits per heavy atom. The summed E-state index contributed by atoms with van der Waals surface area (Å²) in [5.41, 5.74) is 0.928. The molecule has 0 fully saturated rings. The molecule has 116 valence electrons. The van der Waals surface area contributed by atoms with Crippen molar-refractivity contribution in [1.29, 1.82) is 0 Å². The number of aliphatic hydroxyl groups excluding tert-OH is 1. The molecule has 0 saturated heterocycles. The van der Waals surface area contributed by atoms with Crippen molar-refractivity contribution in [1.82, 2.24) is 20.2 Å². The highest BCUT2D eigenvalue weighted by Crippen LogP contribution is 2.24. The Hall–Kier alpha value is -3.29. The van der Waals surface area contributed by atoms with E-state index < -0.39 is 17.6 Å². The minimum atomic E-state index is -0.851. The van der Waals surface area contributed by atoms with Gasteiger partial charge in [-0.3, -0.25) is 14.9 Å². The Kier molecular flexibility index (Phi) is 3.96. The zero-order valence-electron chi connectivity index (χ0n) is 11.7. The summed E-state index contributed by atoms with van der Waals surface area (Å²) in [5.74, 6) is -0.830. The molecule has 0 aliphatic rings. The molecule has 0 aliphatic carbocycles. The van der Waals surface area contributed by atoms with Gasteiger partial charge in [-0.2, -0.15) is 9.49 Å². The lowest BCUT2D eigenvalue weighted by atomic mass is 10.1. The van der Waals surface area contributed by atoms with E-state index in [0.29, 0.717) is 0 Å². The van der Waals surface area contributed by atoms with Crippen molar-refractivity contribution in [2.24, 2.45) is 0 Å². The minimum Gasteiger partial charge on any atom is -0.507 e. The minimum absolute atomic E-state index is 0.0313. The van der Waals surface area contributed by atoms with Crippen molar-refractivity contribution in [3.63, 3.8) is 0 Å². The maximum Gasteiger partial charge on any atom is 0.278 e. The van der Waals surface area contributed by atoms with Crippen LogP contribution in [0.1, 0.15) is 27.5 Å². The number of carbonyl (C=O) groups is 1. The highest BCUT2D eigenvalue weighted by molar-refractivity contribution is 6.05. The second-order valence-electron chi connectivity index (χ2n) is 4.65. The van der Waals surface area contributed by atoms with Gasteiger partial charge in [0.1, 0.15) is 17.8 Å². The van der Waals surface area contributed by atoms with Crippen LogP contribution in [-0.2, 0) is 6.42 Å². The van der Waals surface area contributed by atoms with Gasteiger partial charge >= 0.3 is 0 Å². The zero-order chi connectivity index (χ0) is 16.2. The zero-order valence-corrected chi connectivity index (χ0v) is 11.7. The van der Waals surface area contributed by atoms with Gasteiger partial charge in [0, 0.05) is 31.0 Å². The predicted octanol–water partition coefficient (Wildman–Crippen LogP) is 2.30. The van der Waals surface area contributed by atoms with Crippen LogP contribution in [0.25, 0.3) is 5.76 Å². The number of pyridine rings is 1. The number of H-pyrrole nitrogens is 1. The smallest absolute Gasteiger partial charge is 0.278 e. The van der Waals surface area contributed by atoms with E-state index in [1.54, 1.807) is 24.5 Å². The lowest BCUT2D eigenvalue weighted by Crippen LogP contribution is -2.00. The van der Waals surface area contributed by atoms with Crippen molar-refractivity contribution < 1.29 is 18.7 Å². The molecule has 2 N–H and O–H groups in total. The van der Waals surface area contributed by atoms with Crippen LogP contribution in [0.2, 0.25) is 0 Å². The molecule has 0 aliphatic heterocycles. The molecule has 8 heteroatoms. The van der Waals surface area contributed by atoms with Crippen molar-refractivity contribution in [2.75, 3.05) is 0 Å². The van der Waals surface area contributed by atoms with E-state index >= 15 is 0 Å². The molecule has 23 heavy (non-hydrogen) atoms. The average molecular weight is 314 g/mol. The second-order valence-corrected chi connectivity index (χ2v) is 4.65. The maximum atomic E-state index is 13.4. The van der Waals surface area contributed by atoms with Gasteiger partial charge < -0.3 is 9.52 Å². The molecule has 3 aromatic heterocycles. The van der Waals surface area contributed by atoms with Crippen LogP contribution in [0.4, 0.5) is 4.39 Å². The first-order chi connectivity index (χ1) is 11.1. The van der Waals surface area contributed by atoms with Crippen LogP contribution in [0.5, 0.6) is 0 Å². The van der Waals surface area contributed by atoms with E-state index in [0.717, 1.165) is 17.7 Å². The van der Waals surface area contributed by atoms with E-state index in [2.05, 4.69) is 20.2 Å². The quantitative estimate of drug-likeness (QED) is 0.425. The van der Waals surface area contributed by atoms with Gasteiger partial charge in [0.05, 0.1) is 5.56 Å². The number of rotatable bonds is 5. The molecule has 3 aromatic rings. The van der Waals surface area contributed by atoms with Crippen LogP contribution in [0.15, 0.2) is 47.4 Å². The Labute approximate surface area is 129 Å². The van der Waals surface area contributed by atoms with Gasteiger partial charge in [0.25, 0.3) is 6.01 Å². The fourth-order valence-corrected chi connectivity index (χ4v) is 2.02. The fraction of sp³-hybridized carbons (Fsp3) is 0.0667. The van der Waals surface area contributed by atoms with Crippen molar-refractivity contribution >= 4 is 11.5 Å². The molecule has 0 unspecified atom stereocenters. The van der Waals surface area contributed by atoms with Crippen LogP contribution in [-0.4, -0.2) is 31.1 Å². The number of halogens is 1. The first kappa shape index (κ1) is 14.6. The van der Waals surface area contributed by atoms with Crippen LogP contribution < -0.4 is 0 Å². The number of aromatic amines is 1. The van der Waals surface area contributed by atoms with Crippen LogP contribution in [0, 0.1) is 6.01 Å².